The van der Waals surface area contributed by atoms with Crippen molar-refractivity contribution in [1.29, 1.82) is 0 Å². The molecule has 94 valence electrons. The number of aliphatic hydroxyl groups is 1. The van der Waals surface area contributed by atoms with Crippen molar-refractivity contribution in [3.8, 4) is 0 Å². The van der Waals surface area contributed by atoms with Crippen molar-refractivity contribution in [2.75, 3.05) is 6.61 Å². The van der Waals surface area contributed by atoms with Gasteiger partial charge >= 0.3 is 0 Å². The highest BCUT2D eigenvalue weighted by Gasteiger charge is 2.28. The van der Waals surface area contributed by atoms with Gasteiger partial charge in [0.25, 0.3) is 5.69 Å². The zero-order valence-corrected chi connectivity index (χ0v) is 11.3. The molecule has 0 heterocycles. The highest BCUT2D eigenvalue weighted by Crippen LogP contribution is 2.34. The maximum Gasteiger partial charge on any atom is 0.283 e. The second kappa shape index (κ2) is 5.12. The molecule has 0 aliphatic rings. The Kier molecular flexibility index (Phi) is 4.24. The molecule has 0 aliphatic carbocycles. The molecule has 0 bridgehead atoms. The van der Waals surface area contributed by atoms with E-state index in [1.165, 1.54) is 6.07 Å². The number of rotatable bonds is 4. The van der Waals surface area contributed by atoms with Crippen LogP contribution in [0.3, 0.4) is 0 Å². The van der Waals surface area contributed by atoms with Gasteiger partial charge in [0, 0.05) is 24.1 Å². The molecule has 0 unspecified atom stereocenters. The number of hydrogen-bond acceptors (Lipinski definition) is 4. The van der Waals surface area contributed by atoms with Crippen molar-refractivity contribution < 1.29 is 10.0 Å². The van der Waals surface area contributed by atoms with E-state index in [1.54, 1.807) is 12.1 Å². The van der Waals surface area contributed by atoms with Crippen LogP contribution in [0, 0.1) is 15.5 Å². The first-order valence-corrected chi connectivity index (χ1v) is 5.89. The molecule has 0 saturated carbocycles. The van der Waals surface area contributed by atoms with Crippen LogP contribution in [0.1, 0.15) is 25.5 Å². The van der Waals surface area contributed by atoms with Gasteiger partial charge in [-0.15, -0.1) is 0 Å². The molecule has 1 aromatic rings. The van der Waals surface area contributed by atoms with Crippen molar-refractivity contribution in [1.82, 2.24) is 0 Å². The fourth-order valence-electron chi connectivity index (χ4n) is 1.41. The second-order valence-corrected chi connectivity index (χ2v) is 5.45. The fraction of sp³-hybridized carbons (Fsp3) is 0.455. The molecule has 5 nitrogen and oxygen atoms in total. The summed E-state index contributed by atoms with van der Waals surface area (Å²) >= 11 is 3.12. The Labute approximate surface area is 108 Å². The lowest BCUT2D eigenvalue weighted by molar-refractivity contribution is -0.385. The largest absolute Gasteiger partial charge is 0.396 e. The Balaban J connectivity index is 3.16. The van der Waals surface area contributed by atoms with Crippen LogP contribution in [-0.4, -0.2) is 16.6 Å². The number of benzene rings is 1. The minimum Gasteiger partial charge on any atom is -0.396 e. The first-order chi connectivity index (χ1) is 7.79. The summed E-state index contributed by atoms with van der Waals surface area (Å²) in [6.07, 6.45) is 0. The SMILES string of the molecule is CC(C)(CO)[C@@H](N)c1ccc(Br)c([N+](=O)[O-])c1. The van der Waals surface area contributed by atoms with E-state index in [4.69, 9.17) is 5.73 Å². The van der Waals surface area contributed by atoms with Gasteiger partial charge < -0.3 is 10.8 Å². The highest BCUT2D eigenvalue weighted by molar-refractivity contribution is 9.10. The predicted octanol–water partition coefficient (Wildman–Crippen LogP) is 2.38. The quantitative estimate of drug-likeness (QED) is 0.660. The van der Waals surface area contributed by atoms with Crippen LogP contribution in [0.15, 0.2) is 22.7 Å². The van der Waals surface area contributed by atoms with Crippen molar-refractivity contribution in [2.24, 2.45) is 11.1 Å². The molecule has 1 aromatic carbocycles. The number of nitro benzene ring substituents is 1. The molecule has 0 spiro atoms. The van der Waals surface area contributed by atoms with Gasteiger partial charge in [0.15, 0.2) is 0 Å². The van der Waals surface area contributed by atoms with Crippen LogP contribution < -0.4 is 5.73 Å². The molecule has 1 atom stereocenters. The van der Waals surface area contributed by atoms with E-state index in [-0.39, 0.29) is 12.3 Å². The molecule has 0 radical (unpaired) electrons. The van der Waals surface area contributed by atoms with Gasteiger partial charge in [-0.05, 0) is 27.6 Å². The third-order valence-corrected chi connectivity index (χ3v) is 3.45. The van der Waals surface area contributed by atoms with Crippen LogP contribution in [0.2, 0.25) is 0 Å². The molecule has 0 amide bonds. The number of nitro groups is 1. The van der Waals surface area contributed by atoms with Crippen molar-refractivity contribution in [3.63, 3.8) is 0 Å². The molecular formula is C11H15BrN2O3. The standard InChI is InChI=1S/C11H15BrN2O3/c1-11(2,6-15)10(13)7-3-4-8(12)9(5-7)14(16)17/h3-5,10,15H,6,13H2,1-2H3/t10-/m0/s1. The molecule has 0 saturated heterocycles. The van der Waals surface area contributed by atoms with Gasteiger partial charge in [0.1, 0.15) is 0 Å². The van der Waals surface area contributed by atoms with E-state index in [1.807, 2.05) is 13.8 Å². The average molecular weight is 303 g/mol. The summed E-state index contributed by atoms with van der Waals surface area (Å²) < 4.78 is 0.417. The minimum absolute atomic E-state index is 0.0216. The predicted molar refractivity (Wildman–Crippen MR) is 68.6 cm³/mol. The summed E-state index contributed by atoms with van der Waals surface area (Å²) in [7, 11) is 0. The van der Waals surface area contributed by atoms with E-state index >= 15 is 0 Å². The Bertz CT molecular complexity index is 435. The van der Waals surface area contributed by atoms with E-state index < -0.39 is 16.4 Å². The minimum atomic E-state index is -0.526. The van der Waals surface area contributed by atoms with Crippen LogP contribution in [0.25, 0.3) is 0 Å². The van der Waals surface area contributed by atoms with Crippen LogP contribution >= 0.6 is 15.9 Å². The zero-order valence-electron chi connectivity index (χ0n) is 9.68. The summed E-state index contributed by atoms with van der Waals surface area (Å²) in [5.74, 6) is 0. The van der Waals surface area contributed by atoms with E-state index in [2.05, 4.69) is 15.9 Å². The molecule has 0 aromatic heterocycles. The fourth-order valence-corrected chi connectivity index (χ4v) is 1.80. The molecule has 3 N–H and O–H groups in total. The zero-order chi connectivity index (χ0) is 13.2. The van der Waals surface area contributed by atoms with E-state index in [0.717, 1.165) is 0 Å². The van der Waals surface area contributed by atoms with Gasteiger partial charge in [-0.3, -0.25) is 10.1 Å². The second-order valence-electron chi connectivity index (χ2n) is 4.59. The lowest BCUT2D eigenvalue weighted by Crippen LogP contribution is -2.32. The van der Waals surface area contributed by atoms with Crippen LogP contribution in [-0.2, 0) is 0 Å². The number of nitrogens with zero attached hydrogens (tertiary/aromatic N) is 1. The molecular weight excluding hydrogens is 288 g/mol. The van der Waals surface area contributed by atoms with Crippen LogP contribution in [0.4, 0.5) is 5.69 Å². The maximum atomic E-state index is 10.8. The smallest absolute Gasteiger partial charge is 0.283 e. The Hall–Kier alpha value is -0.980. The summed E-state index contributed by atoms with van der Waals surface area (Å²) in [5.41, 5.74) is 6.09. The summed E-state index contributed by atoms with van der Waals surface area (Å²) in [6.45, 7) is 3.54. The Morgan fingerprint density at radius 1 is 1.59 bits per heavy atom. The van der Waals surface area contributed by atoms with Gasteiger partial charge in [0.2, 0.25) is 0 Å². The van der Waals surface area contributed by atoms with Crippen molar-refractivity contribution >= 4 is 21.6 Å². The van der Waals surface area contributed by atoms with E-state index in [0.29, 0.717) is 10.0 Å². The lowest BCUT2D eigenvalue weighted by Gasteiger charge is -2.29. The number of nitrogens with two attached hydrogens (primary N) is 1. The molecule has 6 heteroatoms. The Morgan fingerprint density at radius 3 is 2.65 bits per heavy atom. The first-order valence-electron chi connectivity index (χ1n) is 5.10. The van der Waals surface area contributed by atoms with Gasteiger partial charge in [0.05, 0.1) is 9.40 Å². The van der Waals surface area contributed by atoms with Crippen molar-refractivity contribution in [3.05, 3.63) is 38.3 Å². The molecule has 0 fully saturated rings. The van der Waals surface area contributed by atoms with Gasteiger partial charge in [-0.1, -0.05) is 19.9 Å². The number of hydrogen-bond donors (Lipinski definition) is 2. The van der Waals surface area contributed by atoms with Gasteiger partial charge in [-0.25, -0.2) is 0 Å². The third-order valence-electron chi connectivity index (χ3n) is 2.78. The van der Waals surface area contributed by atoms with Gasteiger partial charge in [-0.2, -0.15) is 0 Å². The molecule has 1 rings (SSSR count). The first kappa shape index (κ1) is 14.1. The summed E-state index contributed by atoms with van der Waals surface area (Å²) in [5, 5.41) is 20.0. The topological polar surface area (TPSA) is 89.4 Å². The summed E-state index contributed by atoms with van der Waals surface area (Å²) in [4.78, 5) is 10.3. The van der Waals surface area contributed by atoms with E-state index in [9.17, 15) is 15.2 Å². The normalized spacial score (nSPS) is 13.5. The average Bonchev–Trinajstić information content (AvgIpc) is 2.28. The molecule has 17 heavy (non-hydrogen) atoms. The molecule has 0 aliphatic heterocycles. The number of halogens is 1. The monoisotopic (exact) mass is 302 g/mol. The van der Waals surface area contributed by atoms with Crippen molar-refractivity contribution in [2.45, 2.75) is 19.9 Å². The highest BCUT2D eigenvalue weighted by atomic mass is 79.9. The third kappa shape index (κ3) is 3.02. The maximum absolute atomic E-state index is 10.8. The van der Waals surface area contributed by atoms with Crippen LogP contribution in [0.5, 0.6) is 0 Å². The lowest BCUT2D eigenvalue weighted by atomic mass is 9.82. The number of aliphatic hydroxyl groups excluding tert-OH is 1. The Morgan fingerprint density at radius 2 is 2.18 bits per heavy atom. The summed E-state index contributed by atoms with van der Waals surface area (Å²) in [6, 6.07) is 4.30.